The van der Waals surface area contributed by atoms with Gasteiger partial charge in [0.2, 0.25) is 0 Å². The van der Waals surface area contributed by atoms with Crippen molar-refractivity contribution >= 4 is 12.6 Å². The van der Waals surface area contributed by atoms with Gasteiger partial charge in [-0.15, -0.1) is 0 Å². The first-order valence-corrected chi connectivity index (χ1v) is 5.93. The minimum Gasteiger partial charge on any atom is -0.494 e. The Labute approximate surface area is 101 Å². The highest BCUT2D eigenvalue weighted by Gasteiger charge is 2.13. The Balaban J connectivity index is 2.47. The van der Waals surface area contributed by atoms with Crippen molar-refractivity contribution in [2.24, 2.45) is 0 Å². The van der Waals surface area contributed by atoms with Crippen molar-refractivity contribution < 1.29 is 19.2 Å². The van der Waals surface area contributed by atoms with Gasteiger partial charge in [-0.2, -0.15) is 0 Å². The molecule has 0 unspecified atom stereocenters. The van der Waals surface area contributed by atoms with Crippen molar-refractivity contribution in [2.75, 3.05) is 6.61 Å². The third kappa shape index (κ3) is 5.19. The van der Waals surface area contributed by atoms with E-state index >= 15 is 0 Å². The number of hydrogen-bond donors (Lipinski definition) is 2. The van der Waals surface area contributed by atoms with E-state index in [9.17, 15) is 4.39 Å². The lowest BCUT2D eigenvalue weighted by atomic mass is 9.80. The molecule has 1 rings (SSSR count). The zero-order chi connectivity index (χ0) is 12.7. The quantitative estimate of drug-likeness (QED) is 0.560. The van der Waals surface area contributed by atoms with Crippen LogP contribution in [0.4, 0.5) is 4.39 Å². The molecular formula is C12H18BFO3. The summed E-state index contributed by atoms with van der Waals surface area (Å²) >= 11 is 0. The lowest BCUT2D eigenvalue weighted by molar-refractivity contribution is 0.303. The monoisotopic (exact) mass is 240 g/mol. The fourth-order valence-corrected chi connectivity index (χ4v) is 1.54. The van der Waals surface area contributed by atoms with Crippen LogP contribution < -0.4 is 10.2 Å². The van der Waals surface area contributed by atoms with Gasteiger partial charge in [-0.1, -0.05) is 26.2 Å². The first-order valence-electron chi connectivity index (χ1n) is 5.93. The van der Waals surface area contributed by atoms with E-state index < -0.39 is 12.9 Å². The van der Waals surface area contributed by atoms with E-state index in [1.165, 1.54) is 12.1 Å². The molecule has 94 valence electrons. The number of benzene rings is 1. The number of halogens is 1. The third-order valence-corrected chi connectivity index (χ3v) is 2.46. The second kappa shape index (κ2) is 7.30. The highest BCUT2D eigenvalue weighted by Crippen LogP contribution is 2.12. The standard InChI is InChI=1S/C12H18BFO3/c1-2-3-4-5-6-17-12-8-10(13(15)16)7-11(14)9-12/h7-9,15-16H,2-6H2,1H3. The molecule has 5 heteroatoms. The molecule has 0 spiro atoms. The van der Waals surface area contributed by atoms with Gasteiger partial charge < -0.3 is 14.8 Å². The van der Waals surface area contributed by atoms with Crippen molar-refractivity contribution in [1.29, 1.82) is 0 Å². The molecule has 0 bridgehead atoms. The Hall–Kier alpha value is -1.07. The molecule has 0 aliphatic rings. The first-order chi connectivity index (χ1) is 8.13. The second-order valence-electron chi connectivity index (χ2n) is 4.00. The summed E-state index contributed by atoms with van der Waals surface area (Å²) in [6.07, 6.45) is 4.32. The van der Waals surface area contributed by atoms with E-state index in [4.69, 9.17) is 14.8 Å². The van der Waals surface area contributed by atoms with E-state index in [1.807, 2.05) is 0 Å². The third-order valence-electron chi connectivity index (χ3n) is 2.46. The van der Waals surface area contributed by atoms with E-state index in [-0.39, 0.29) is 5.46 Å². The summed E-state index contributed by atoms with van der Waals surface area (Å²) in [5.74, 6) is -0.191. The fourth-order valence-electron chi connectivity index (χ4n) is 1.54. The average Bonchev–Trinajstić information content (AvgIpc) is 2.28. The molecule has 17 heavy (non-hydrogen) atoms. The summed E-state index contributed by atoms with van der Waals surface area (Å²) in [6.45, 7) is 2.65. The van der Waals surface area contributed by atoms with E-state index in [1.54, 1.807) is 0 Å². The van der Waals surface area contributed by atoms with Crippen molar-refractivity contribution in [1.82, 2.24) is 0 Å². The summed E-state index contributed by atoms with van der Waals surface area (Å²) in [7, 11) is -1.67. The van der Waals surface area contributed by atoms with Gasteiger partial charge >= 0.3 is 7.12 Å². The van der Waals surface area contributed by atoms with E-state index in [0.29, 0.717) is 12.4 Å². The maximum Gasteiger partial charge on any atom is 0.488 e. The van der Waals surface area contributed by atoms with Gasteiger partial charge in [0.25, 0.3) is 0 Å². The van der Waals surface area contributed by atoms with Crippen LogP contribution in [-0.2, 0) is 0 Å². The molecule has 1 aromatic carbocycles. The maximum absolute atomic E-state index is 13.1. The topological polar surface area (TPSA) is 49.7 Å². The molecule has 0 atom stereocenters. The summed E-state index contributed by atoms with van der Waals surface area (Å²) < 4.78 is 18.5. The predicted octanol–water partition coefficient (Wildman–Crippen LogP) is 1.46. The molecule has 1 aromatic rings. The molecule has 2 N–H and O–H groups in total. The minimum absolute atomic E-state index is 0.105. The van der Waals surface area contributed by atoms with Crippen LogP contribution in [-0.4, -0.2) is 23.8 Å². The van der Waals surface area contributed by atoms with Crippen LogP contribution in [0.25, 0.3) is 0 Å². The Kier molecular flexibility index (Phi) is 6.01. The summed E-state index contributed by atoms with van der Waals surface area (Å²) in [5, 5.41) is 17.9. The summed E-state index contributed by atoms with van der Waals surface area (Å²) in [5.41, 5.74) is 0.105. The number of rotatable bonds is 7. The maximum atomic E-state index is 13.1. The average molecular weight is 240 g/mol. The largest absolute Gasteiger partial charge is 0.494 e. The molecule has 0 heterocycles. The van der Waals surface area contributed by atoms with Gasteiger partial charge in [0, 0.05) is 6.07 Å². The smallest absolute Gasteiger partial charge is 0.488 e. The van der Waals surface area contributed by atoms with Gasteiger partial charge in [0.1, 0.15) is 11.6 Å². The van der Waals surface area contributed by atoms with Gasteiger partial charge in [0.05, 0.1) is 6.61 Å². The van der Waals surface area contributed by atoms with Crippen molar-refractivity contribution in [3.05, 3.63) is 24.0 Å². The van der Waals surface area contributed by atoms with Crippen molar-refractivity contribution in [3.63, 3.8) is 0 Å². The van der Waals surface area contributed by atoms with Gasteiger partial charge in [-0.05, 0) is 24.0 Å². The predicted molar refractivity (Wildman–Crippen MR) is 65.9 cm³/mol. The van der Waals surface area contributed by atoms with E-state index in [2.05, 4.69) is 6.92 Å². The summed E-state index contributed by atoms with van der Waals surface area (Å²) in [4.78, 5) is 0. The lowest BCUT2D eigenvalue weighted by Gasteiger charge is -2.08. The van der Waals surface area contributed by atoms with Crippen LogP contribution in [0.2, 0.25) is 0 Å². The van der Waals surface area contributed by atoms with E-state index in [0.717, 1.165) is 31.7 Å². The second-order valence-corrected chi connectivity index (χ2v) is 4.00. The molecule has 0 aliphatic heterocycles. The molecule has 0 saturated carbocycles. The molecule has 3 nitrogen and oxygen atoms in total. The van der Waals surface area contributed by atoms with Crippen LogP contribution in [0.1, 0.15) is 32.6 Å². The Bertz CT molecular complexity index is 345. The minimum atomic E-state index is -1.67. The molecule has 0 radical (unpaired) electrons. The first kappa shape index (κ1) is 14.0. The number of ether oxygens (including phenoxy) is 1. The molecule has 0 aromatic heterocycles. The molecule has 0 fully saturated rings. The Morgan fingerprint density at radius 3 is 2.59 bits per heavy atom. The van der Waals surface area contributed by atoms with Gasteiger partial charge in [-0.25, -0.2) is 4.39 Å². The van der Waals surface area contributed by atoms with Gasteiger partial charge in [-0.3, -0.25) is 0 Å². The van der Waals surface area contributed by atoms with Crippen molar-refractivity contribution in [3.8, 4) is 5.75 Å². The van der Waals surface area contributed by atoms with Crippen LogP contribution >= 0.6 is 0 Å². The zero-order valence-corrected chi connectivity index (χ0v) is 10.0. The van der Waals surface area contributed by atoms with Gasteiger partial charge in [0.15, 0.2) is 0 Å². The lowest BCUT2D eigenvalue weighted by Crippen LogP contribution is -2.30. The Morgan fingerprint density at radius 2 is 1.94 bits per heavy atom. The normalized spacial score (nSPS) is 10.4. The fraction of sp³-hybridized carbons (Fsp3) is 0.500. The highest BCUT2D eigenvalue weighted by atomic mass is 19.1. The van der Waals surface area contributed by atoms with Crippen LogP contribution in [0.15, 0.2) is 18.2 Å². The molecular weight excluding hydrogens is 222 g/mol. The highest BCUT2D eigenvalue weighted by molar-refractivity contribution is 6.58. The molecule has 0 aliphatic carbocycles. The Morgan fingerprint density at radius 1 is 1.18 bits per heavy atom. The number of hydrogen-bond acceptors (Lipinski definition) is 3. The SMILES string of the molecule is CCCCCCOc1cc(F)cc(B(O)O)c1. The number of unbranched alkanes of at least 4 members (excludes halogenated alkanes) is 3. The van der Waals surface area contributed by atoms with Crippen LogP contribution in [0.5, 0.6) is 5.75 Å². The summed E-state index contributed by atoms with van der Waals surface area (Å²) in [6, 6.07) is 3.76. The zero-order valence-electron chi connectivity index (χ0n) is 10.0. The van der Waals surface area contributed by atoms with Crippen LogP contribution in [0, 0.1) is 5.82 Å². The van der Waals surface area contributed by atoms with Crippen molar-refractivity contribution in [2.45, 2.75) is 32.6 Å². The molecule has 0 amide bonds. The van der Waals surface area contributed by atoms with Crippen LogP contribution in [0.3, 0.4) is 0 Å². The molecule has 0 saturated heterocycles.